The molecule has 0 fully saturated rings. The summed E-state index contributed by atoms with van der Waals surface area (Å²) in [6.45, 7) is 9.89. The number of aromatic nitrogens is 2. The molecule has 0 saturated carbocycles. The van der Waals surface area contributed by atoms with Crippen molar-refractivity contribution in [3.63, 3.8) is 0 Å². The second-order valence-corrected chi connectivity index (χ2v) is 7.28. The number of amides is 2. The first-order valence-electron chi connectivity index (χ1n) is 9.96. The molecule has 1 atom stereocenters. The molecule has 2 aromatic rings. The summed E-state index contributed by atoms with van der Waals surface area (Å²) in [5.74, 6) is -0.0878. The maximum Gasteiger partial charge on any atom is 0.279 e. The van der Waals surface area contributed by atoms with Gasteiger partial charge in [-0.1, -0.05) is 12.1 Å². The molecule has 1 heterocycles. The lowest BCUT2D eigenvalue weighted by Crippen LogP contribution is -2.47. The Kier molecular flexibility index (Phi) is 7.98. The van der Waals surface area contributed by atoms with E-state index in [0.29, 0.717) is 25.1 Å². The van der Waals surface area contributed by atoms with Gasteiger partial charge in [-0.25, -0.2) is 0 Å². The van der Waals surface area contributed by atoms with Gasteiger partial charge in [0.15, 0.2) is 6.10 Å². The van der Waals surface area contributed by atoms with Gasteiger partial charge in [0.2, 0.25) is 5.91 Å². The van der Waals surface area contributed by atoms with Crippen LogP contribution >= 0.6 is 0 Å². The van der Waals surface area contributed by atoms with Crippen molar-refractivity contribution in [2.45, 2.75) is 66.5 Å². The maximum atomic E-state index is 12.2. The number of hydrogen-bond donors (Lipinski definition) is 2. The lowest BCUT2D eigenvalue weighted by Gasteiger charge is -2.17. The molecule has 2 amide bonds. The van der Waals surface area contributed by atoms with Gasteiger partial charge in [0.1, 0.15) is 5.75 Å². The Labute approximate surface area is 177 Å². The molecular weight excluding hydrogens is 382 g/mol. The highest BCUT2D eigenvalue weighted by Gasteiger charge is 2.17. The van der Waals surface area contributed by atoms with Crippen molar-refractivity contribution in [1.29, 1.82) is 5.26 Å². The number of carbonyl (C=O) groups is 2. The van der Waals surface area contributed by atoms with Crippen LogP contribution in [0.1, 0.15) is 47.8 Å². The number of carbonyl (C=O) groups excluding carboxylic acids is 2. The molecule has 2 rings (SSSR count). The molecule has 8 nitrogen and oxygen atoms in total. The molecule has 0 radical (unpaired) electrons. The zero-order chi connectivity index (χ0) is 22.3. The van der Waals surface area contributed by atoms with Crippen LogP contribution in [0.4, 0.5) is 0 Å². The largest absolute Gasteiger partial charge is 0.481 e. The first-order chi connectivity index (χ1) is 14.2. The molecule has 0 bridgehead atoms. The van der Waals surface area contributed by atoms with E-state index >= 15 is 0 Å². The third-order valence-corrected chi connectivity index (χ3v) is 5.12. The van der Waals surface area contributed by atoms with Crippen LogP contribution in [-0.4, -0.2) is 27.7 Å². The van der Waals surface area contributed by atoms with Gasteiger partial charge in [0.25, 0.3) is 5.91 Å². The van der Waals surface area contributed by atoms with Crippen molar-refractivity contribution in [2.24, 2.45) is 0 Å². The summed E-state index contributed by atoms with van der Waals surface area (Å²) in [6.07, 6.45) is 0.336. The third-order valence-electron chi connectivity index (χ3n) is 5.12. The number of nitrogens with one attached hydrogen (secondary N) is 2. The van der Waals surface area contributed by atoms with Crippen molar-refractivity contribution in [1.82, 2.24) is 20.6 Å². The van der Waals surface area contributed by atoms with Crippen LogP contribution < -0.4 is 15.6 Å². The lowest BCUT2D eigenvalue weighted by molar-refractivity contribution is -0.132. The van der Waals surface area contributed by atoms with E-state index in [9.17, 15) is 9.59 Å². The van der Waals surface area contributed by atoms with Crippen LogP contribution in [0.5, 0.6) is 5.75 Å². The standard InChI is InChI=1S/C22H29N5O3/c1-14-8-6-9-20(15(14)2)30-18(5)22(29)25-24-21(28)11-10-19-16(3)26-27(17(19)4)13-7-12-23/h6,8-9,18H,7,10-11,13H2,1-5H3,(H,24,28)(H,25,29). The van der Waals surface area contributed by atoms with Crippen molar-refractivity contribution >= 4 is 11.8 Å². The zero-order valence-electron chi connectivity index (χ0n) is 18.2. The van der Waals surface area contributed by atoms with Crippen molar-refractivity contribution in [2.75, 3.05) is 0 Å². The zero-order valence-corrected chi connectivity index (χ0v) is 18.2. The van der Waals surface area contributed by atoms with E-state index in [2.05, 4.69) is 22.0 Å². The van der Waals surface area contributed by atoms with Crippen molar-refractivity contribution < 1.29 is 14.3 Å². The molecule has 1 aromatic heterocycles. The number of hydrogen-bond acceptors (Lipinski definition) is 5. The van der Waals surface area contributed by atoms with Crippen LogP contribution in [0.3, 0.4) is 0 Å². The quantitative estimate of drug-likeness (QED) is 0.649. The lowest BCUT2D eigenvalue weighted by atomic mass is 10.1. The van der Waals surface area contributed by atoms with Gasteiger partial charge in [-0.05, 0) is 63.8 Å². The molecule has 0 saturated heterocycles. The Morgan fingerprint density at radius 3 is 2.67 bits per heavy atom. The molecule has 1 unspecified atom stereocenters. The van der Waals surface area contributed by atoms with Gasteiger partial charge in [0, 0.05) is 12.1 Å². The molecule has 0 aliphatic heterocycles. The summed E-state index contributed by atoms with van der Waals surface area (Å²) in [7, 11) is 0. The molecule has 0 aliphatic carbocycles. The Hall–Kier alpha value is -3.34. The highest BCUT2D eigenvalue weighted by Crippen LogP contribution is 2.21. The fraction of sp³-hybridized carbons (Fsp3) is 0.455. The normalized spacial score (nSPS) is 11.5. The molecule has 30 heavy (non-hydrogen) atoms. The second-order valence-electron chi connectivity index (χ2n) is 7.28. The number of aryl methyl sites for hydroxylation is 3. The van der Waals surface area contributed by atoms with Gasteiger partial charge in [-0.15, -0.1) is 0 Å². The van der Waals surface area contributed by atoms with Crippen LogP contribution in [-0.2, 0) is 22.6 Å². The number of benzene rings is 1. The smallest absolute Gasteiger partial charge is 0.279 e. The first kappa shape index (κ1) is 22.9. The van der Waals surface area contributed by atoms with E-state index in [0.717, 1.165) is 28.1 Å². The highest BCUT2D eigenvalue weighted by molar-refractivity contribution is 5.84. The number of rotatable bonds is 8. The molecular formula is C22H29N5O3. The average Bonchev–Trinajstić information content (AvgIpc) is 2.99. The fourth-order valence-corrected chi connectivity index (χ4v) is 3.10. The minimum Gasteiger partial charge on any atom is -0.481 e. The molecule has 8 heteroatoms. The Bertz CT molecular complexity index is 958. The minimum atomic E-state index is -0.756. The Morgan fingerprint density at radius 2 is 1.97 bits per heavy atom. The van der Waals surface area contributed by atoms with Crippen molar-refractivity contribution in [3.05, 3.63) is 46.3 Å². The molecule has 2 N–H and O–H groups in total. The Balaban J connectivity index is 1.83. The molecule has 0 spiro atoms. The van der Waals surface area contributed by atoms with Gasteiger partial charge < -0.3 is 4.74 Å². The van der Waals surface area contributed by atoms with Gasteiger partial charge in [0.05, 0.1) is 24.7 Å². The SMILES string of the molecule is Cc1cccc(OC(C)C(=O)NNC(=O)CCc2c(C)nn(CCC#N)c2C)c1C. The van der Waals surface area contributed by atoms with E-state index in [1.807, 2.05) is 45.9 Å². The fourth-order valence-electron chi connectivity index (χ4n) is 3.10. The predicted octanol–water partition coefficient (Wildman–Crippen LogP) is 2.58. The van der Waals surface area contributed by atoms with Crippen LogP contribution in [0.15, 0.2) is 18.2 Å². The molecule has 1 aromatic carbocycles. The summed E-state index contributed by atoms with van der Waals surface area (Å²) in [5, 5.41) is 13.2. The highest BCUT2D eigenvalue weighted by atomic mass is 16.5. The van der Waals surface area contributed by atoms with Crippen molar-refractivity contribution in [3.8, 4) is 11.8 Å². The summed E-state index contributed by atoms with van der Waals surface area (Å²) in [6, 6.07) is 7.76. The van der Waals surface area contributed by atoms with E-state index in [-0.39, 0.29) is 12.3 Å². The second kappa shape index (κ2) is 10.4. The van der Waals surface area contributed by atoms with Gasteiger partial charge in [-0.2, -0.15) is 10.4 Å². The number of nitrogens with zero attached hydrogens (tertiary/aromatic N) is 3. The summed E-state index contributed by atoms with van der Waals surface area (Å²) in [5.41, 5.74) is 9.69. The van der Waals surface area contributed by atoms with Crippen LogP contribution in [0.25, 0.3) is 0 Å². The maximum absolute atomic E-state index is 12.2. The van der Waals surface area contributed by atoms with Crippen LogP contribution in [0, 0.1) is 39.0 Å². The third kappa shape index (κ3) is 5.83. The van der Waals surface area contributed by atoms with Gasteiger partial charge in [-0.3, -0.25) is 25.1 Å². The number of hydrazine groups is 1. The average molecular weight is 412 g/mol. The number of ether oxygens (including phenoxy) is 1. The summed E-state index contributed by atoms with van der Waals surface area (Å²) in [4.78, 5) is 24.4. The first-order valence-corrected chi connectivity index (χ1v) is 9.96. The van der Waals surface area contributed by atoms with E-state index in [1.54, 1.807) is 11.6 Å². The van der Waals surface area contributed by atoms with E-state index in [4.69, 9.17) is 10.00 Å². The number of nitriles is 1. The molecule has 0 aliphatic rings. The predicted molar refractivity (Wildman–Crippen MR) is 113 cm³/mol. The minimum absolute atomic E-state index is 0.206. The van der Waals surface area contributed by atoms with E-state index in [1.165, 1.54) is 0 Å². The van der Waals surface area contributed by atoms with E-state index < -0.39 is 12.0 Å². The topological polar surface area (TPSA) is 109 Å². The Morgan fingerprint density at radius 1 is 1.23 bits per heavy atom. The monoisotopic (exact) mass is 411 g/mol. The van der Waals surface area contributed by atoms with Crippen LogP contribution in [0.2, 0.25) is 0 Å². The summed E-state index contributed by atoms with van der Waals surface area (Å²) >= 11 is 0. The summed E-state index contributed by atoms with van der Waals surface area (Å²) < 4.78 is 7.51. The van der Waals surface area contributed by atoms with Gasteiger partial charge >= 0.3 is 0 Å². The molecule has 160 valence electrons.